The van der Waals surface area contributed by atoms with Crippen LogP contribution in [0, 0.1) is 0 Å². The van der Waals surface area contributed by atoms with Crippen LogP contribution in [0.15, 0.2) is 18.2 Å². The summed E-state index contributed by atoms with van der Waals surface area (Å²) in [6.07, 6.45) is 2.40. The smallest absolute Gasteiger partial charge is 0.0349 e. The monoisotopic (exact) mass is 275 g/mol. The maximum Gasteiger partial charge on any atom is 0.0349 e. The average molecular weight is 275 g/mol. The molecule has 0 spiro atoms. The van der Waals surface area contributed by atoms with Gasteiger partial charge in [-0.3, -0.25) is 0 Å². The molecule has 2 aromatic rings. The van der Waals surface area contributed by atoms with Crippen LogP contribution in [0.25, 0.3) is 10.1 Å². The molecular formula is C17H25NS. The van der Waals surface area contributed by atoms with Crippen LogP contribution in [-0.4, -0.2) is 7.05 Å². The summed E-state index contributed by atoms with van der Waals surface area (Å²) >= 11 is 1.95. The van der Waals surface area contributed by atoms with Gasteiger partial charge in [0.1, 0.15) is 0 Å². The Morgan fingerprint density at radius 3 is 2.53 bits per heavy atom. The molecule has 0 atom stereocenters. The molecule has 1 aromatic heterocycles. The van der Waals surface area contributed by atoms with Crippen LogP contribution in [0.3, 0.4) is 0 Å². The van der Waals surface area contributed by atoms with Gasteiger partial charge in [0.2, 0.25) is 0 Å². The lowest BCUT2D eigenvalue weighted by Crippen LogP contribution is -2.10. The second kappa shape index (κ2) is 5.64. The van der Waals surface area contributed by atoms with Gasteiger partial charge in [-0.15, -0.1) is 11.3 Å². The Bertz CT molecular complexity index is 560. The molecule has 1 nitrogen and oxygen atoms in total. The third-order valence-corrected chi connectivity index (χ3v) is 4.79. The van der Waals surface area contributed by atoms with E-state index in [4.69, 9.17) is 0 Å². The molecule has 2 rings (SSSR count). The largest absolute Gasteiger partial charge is 0.315 e. The van der Waals surface area contributed by atoms with Crippen molar-refractivity contribution in [1.82, 2.24) is 5.32 Å². The molecule has 0 amide bonds. The van der Waals surface area contributed by atoms with Gasteiger partial charge in [-0.05, 0) is 47.5 Å². The molecule has 104 valence electrons. The molecule has 0 bridgehead atoms. The van der Waals surface area contributed by atoms with E-state index in [-0.39, 0.29) is 5.41 Å². The van der Waals surface area contributed by atoms with E-state index in [1.165, 1.54) is 33.4 Å². The SMILES string of the molecule is CCCc1c(CNC)sc2ccc(C(C)(C)C)cc12. The van der Waals surface area contributed by atoms with Crippen LogP contribution in [0.2, 0.25) is 0 Å². The normalized spacial score (nSPS) is 12.3. The highest BCUT2D eigenvalue weighted by Gasteiger charge is 2.17. The van der Waals surface area contributed by atoms with Gasteiger partial charge in [0, 0.05) is 16.1 Å². The van der Waals surface area contributed by atoms with E-state index < -0.39 is 0 Å². The Morgan fingerprint density at radius 2 is 1.95 bits per heavy atom. The van der Waals surface area contributed by atoms with Crippen molar-refractivity contribution in [3.8, 4) is 0 Å². The molecule has 1 N–H and O–H groups in total. The number of nitrogens with one attached hydrogen (secondary N) is 1. The van der Waals surface area contributed by atoms with Gasteiger partial charge in [0.25, 0.3) is 0 Å². The molecule has 2 heteroatoms. The van der Waals surface area contributed by atoms with Crippen LogP contribution >= 0.6 is 11.3 Å². The van der Waals surface area contributed by atoms with Crippen molar-refractivity contribution in [2.24, 2.45) is 0 Å². The van der Waals surface area contributed by atoms with E-state index in [0.29, 0.717) is 0 Å². The molecule has 0 fully saturated rings. The Kier molecular flexibility index (Phi) is 4.32. The van der Waals surface area contributed by atoms with Gasteiger partial charge < -0.3 is 5.32 Å². The van der Waals surface area contributed by atoms with E-state index in [1.807, 2.05) is 18.4 Å². The Morgan fingerprint density at radius 1 is 1.21 bits per heavy atom. The minimum Gasteiger partial charge on any atom is -0.315 e. The summed E-state index contributed by atoms with van der Waals surface area (Å²) in [5.74, 6) is 0. The Hall–Kier alpha value is -0.860. The molecule has 19 heavy (non-hydrogen) atoms. The van der Waals surface area contributed by atoms with Crippen LogP contribution in [0.5, 0.6) is 0 Å². The van der Waals surface area contributed by atoms with Gasteiger partial charge in [0.05, 0.1) is 0 Å². The lowest BCUT2D eigenvalue weighted by atomic mass is 9.86. The van der Waals surface area contributed by atoms with Crippen molar-refractivity contribution in [1.29, 1.82) is 0 Å². The first-order valence-electron chi connectivity index (χ1n) is 7.16. The summed E-state index contributed by atoms with van der Waals surface area (Å²) < 4.78 is 1.43. The predicted molar refractivity (Wildman–Crippen MR) is 87.3 cm³/mol. The quantitative estimate of drug-likeness (QED) is 0.839. The third kappa shape index (κ3) is 3.01. The zero-order valence-corrected chi connectivity index (χ0v) is 13.6. The van der Waals surface area contributed by atoms with Crippen LogP contribution in [0.1, 0.15) is 50.1 Å². The zero-order valence-electron chi connectivity index (χ0n) is 12.8. The summed E-state index contributed by atoms with van der Waals surface area (Å²) in [5.41, 5.74) is 3.22. The third-order valence-electron chi connectivity index (χ3n) is 3.58. The fourth-order valence-corrected chi connectivity index (χ4v) is 3.74. The van der Waals surface area contributed by atoms with E-state index in [2.05, 4.69) is 51.2 Å². The second-order valence-electron chi connectivity index (χ2n) is 6.25. The van der Waals surface area contributed by atoms with Crippen molar-refractivity contribution >= 4 is 21.4 Å². The van der Waals surface area contributed by atoms with Gasteiger partial charge in [-0.25, -0.2) is 0 Å². The molecule has 0 aliphatic carbocycles. The first-order chi connectivity index (χ1) is 8.97. The minimum absolute atomic E-state index is 0.225. The number of rotatable bonds is 4. The summed E-state index contributed by atoms with van der Waals surface area (Å²) in [7, 11) is 2.03. The van der Waals surface area contributed by atoms with Crippen LogP contribution in [0.4, 0.5) is 0 Å². The fourth-order valence-electron chi connectivity index (χ4n) is 2.49. The maximum absolute atomic E-state index is 3.30. The molecule has 1 heterocycles. The highest BCUT2D eigenvalue weighted by molar-refractivity contribution is 7.19. The van der Waals surface area contributed by atoms with Gasteiger partial charge >= 0.3 is 0 Å². The van der Waals surface area contributed by atoms with E-state index >= 15 is 0 Å². The molecule has 1 aromatic carbocycles. The van der Waals surface area contributed by atoms with Crippen LogP contribution in [-0.2, 0) is 18.4 Å². The van der Waals surface area contributed by atoms with E-state index in [9.17, 15) is 0 Å². The van der Waals surface area contributed by atoms with Gasteiger partial charge in [0.15, 0.2) is 0 Å². The molecule has 0 aliphatic heterocycles. The standard InChI is InChI=1S/C17H25NS/c1-6-7-13-14-10-12(17(2,3)4)8-9-15(14)19-16(13)11-18-5/h8-10,18H,6-7,11H2,1-5H3. The molecule has 0 aliphatic rings. The van der Waals surface area contributed by atoms with Gasteiger partial charge in [-0.1, -0.05) is 40.2 Å². The Balaban J connectivity index is 2.58. The fraction of sp³-hybridized carbons (Fsp3) is 0.529. The topological polar surface area (TPSA) is 12.0 Å². The summed E-state index contributed by atoms with van der Waals surface area (Å²) in [6, 6.07) is 7.01. The highest BCUT2D eigenvalue weighted by atomic mass is 32.1. The Labute approximate surface area is 121 Å². The molecule has 0 unspecified atom stereocenters. The number of thiophene rings is 1. The van der Waals surface area contributed by atoms with E-state index in [1.54, 1.807) is 5.56 Å². The number of fused-ring (bicyclic) bond motifs is 1. The number of benzene rings is 1. The van der Waals surface area contributed by atoms with Crippen molar-refractivity contribution in [2.45, 2.75) is 52.5 Å². The summed E-state index contributed by atoms with van der Waals surface area (Å²) in [5, 5.41) is 4.78. The number of hydrogen-bond donors (Lipinski definition) is 1. The lowest BCUT2D eigenvalue weighted by Gasteiger charge is -2.19. The molecule has 0 radical (unpaired) electrons. The minimum atomic E-state index is 0.225. The van der Waals surface area contributed by atoms with Crippen molar-refractivity contribution in [3.05, 3.63) is 34.2 Å². The summed E-state index contributed by atoms with van der Waals surface area (Å²) in [6.45, 7) is 10.1. The van der Waals surface area contributed by atoms with E-state index in [0.717, 1.165) is 6.54 Å². The first kappa shape index (κ1) is 14.5. The zero-order chi connectivity index (χ0) is 14.0. The molecular weight excluding hydrogens is 250 g/mol. The lowest BCUT2D eigenvalue weighted by molar-refractivity contribution is 0.591. The summed E-state index contributed by atoms with van der Waals surface area (Å²) in [4.78, 5) is 1.51. The number of aryl methyl sites for hydroxylation is 1. The number of hydrogen-bond acceptors (Lipinski definition) is 2. The predicted octanol–water partition coefficient (Wildman–Crippen LogP) is 4.87. The van der Waals surface area contributed by atoms with Crippen molar-refractivity contribution < 1.29 is 0 Å². The van der Waals surface area contributed by atoms with Crippen molar-refractivity contribution in [3.63, 3.8) is 0 Å². The van der Waals surface area contributed by atoms with Crippen LogP contribution < -0.4 is 5.32 Å². The van der Waals surface area contributed by atoms with Crippen molar-refractivity contribution in [2.75, 3.05) is 7.05 Å². The molecule has 0 saturated carbocycles. The maximum atomic E-state index is 3.30. The average Bonchev–Trinajstić information content (AvgIpc) is 2.67. The second-order valence-corrected chi connectivity index (χ2v) is 7.38. The van der Waals surface area contributed by atoms with Gasteiger partial charge in [-0.2, -0.15) is 0 Å². The highest BCUT2D eigenvalue weighted by Crippen LogP contribution is 2.35. The molecule has 0 saturated heterocycles. The first-order valence-corrected chi connectivity index (χ1v) is 7.98.